The van der Waals surface area contributed by atoms with Gasteiger partial charge in [0, 0.05) is 5.56 Å². The van der Waals surface area contributed by atoms with Crippen LogP contribution < -0.4 is 0 Å². The first-order valence-electron chi connectivity index (χ1n) is 13.0. The quantitative estimate of drug-likeness (QED) is 0.336. The Hall–Kier alpha value is -1.63. The molecule has 0 unspecified atom stereocenters. The van der Waals surface area contributed by atoms with Gasteiger partial charge in [0.05, 0.1) is 0 Å². The second-order valence-corrected chi connectivity index (χ2v) is 10.6. The highest BCUT2D eigenvalue weighted by molar-refractivity contribution is 5.66. The lowest BCUT2D eigenvalue weighted by Gasteiger charge is -2.54. The van der Waals surface area contributed by atoms with E-state index in [0.717, 1.165) is 23.1 Å². The molecule has 2 bridgehead atoms. The summed E-state index contributed by atoms with van der Waals surface area (Å²) in [5.41, 5.74) is 4.82. The summed E-state index contributed by atoms with van der Waals surface area (Å²) >= 11 is 0. The summed E-state index contributed by atoms with van der Waals surface area (Å²) in [6.07, 6.45) is 17.7. The zero-order valence-corrected chi connectivity index (χ0v) is 19.8. The van der Waals surface area contributed by atoms with Crippen molar-refractivity contribution >= 4 is 0 Å². The fourth-order valence-corrected chi connectivity index (χ4v) is 6.39. The van der Waals surface area contributed by atoms with Crippen LogP contribution in [0.5, 0.6) is 0 Å². The van der Waals surface area contributed by atoms with Crippen molar-refractivity contribution in [3.8, 4) is 11.1 Å². The van der Waals surface area contributed by atoms with Crippen LogP contribution in [0.1, 0.15) is 108 Å². The van der Waals surface area contributed by atoms with Gasteiger partial charge in [-0.05, 0) is 85.3 Å². The van der Waals surface area contributed by atoms with Crippen LogP contribution in [-0.2, 0) is 11.8 Å². The van der Waals surface area contributed by atoms with Gasteiger partial charge in [-0.1, -0.05) is 88.4 Å². The molecule has 3 aliphatic rings. The molecular formula is C30H41F. The smallest absolute Gasteiger partial charge is 0.134 e. The molecule has 0 atom stereocenters. The molecule has 5 rings (SSSR count). The first-order chi connectivity index (χ1) is 15.1. The molecule has 0 N–H and O–H groups in total. The number of halogens is 1. The summed E-state index contributed by atoms with van der Waals surface area (Å²) in [5.74, 6) is 0.0432. The van der Waals surface area contributed by atoms with Gasteiger partial charge in [-0.3, -0.25) is 0 Å². The predicted octanol–water partition coefficient (Wildman–Crippen LogP) is 9.40. The van der Waals surface area contributed by atoms with Gasteiger partial charge in [0.15, 0.2) is 0 Å². The molecule has 31 heavy (non-hydrogen) atoms. The van der Waals surface area contributed by atoms with E-state index in [4.69, 9.17) is 0 Å². The number of benzene rings is 2. The van der Waals surface area contributed by atoms with Crippen molar-refractivity contribution in [2.75, 3.05) is 0 Å². The van der Waals surface area contributed by atoms with Crippen molar-refractivity contribution in [1.29, 1.82) is 0 Å². The minimum atomic E-state index is 0.0432. The van der Waals surface area contributed by atoms with E-state index in [9.17, 15) is 0 Å². The highest BCUT2D eigenvalue weighted by atomic mass is 19.1. The van der Waals surface area contributed by atoms with Gasteiger partial charge in [-0.15, -0.1) is 0 Å². The molecule has 0 aromatic heterocycles. The zero-order chi connectivity index (χ0) is 21.7. The van der Waals surface area contributed by atoms with Crippen LogP contribution in [0.3, 0.4) is 0 Å². The van der Waals surface area contributed by atoms with Crippen LogP contribution in [0.2, 0.25) is 0 Å². The number of aryl methyl sites for hydroxylation is 1. The monoisotopic (exact) mass is 420 g/mol. The molecule has 0 nitrogen and oxygen atoms in total. The fourth-order valence-electron chi connectivity index (χ4n) is 6.39. The van der Waals surface area contributed by atoms with E-state index < -0.39 is 0 Å². The van der Waals surface area contributed by atoms with E-state index in [2.05, 4.69) is 50.2 Å². The molecule has 0 heterocycles. The van der Waals surface area contributed by atoms with E-state index in [0.29, 0.717) is 5.41 Å². The fraction of sp³-hybridized carbons (Fsp3) is 0.600. The van der Waals surface area contributed by atoms with E-state index >= 15 is 4.39 Å². The van der Waals surface area contributed by atoms with E-state index in [1.807, 2.05) is 6.07 Å². The molecule has 3 saturated carbocycles. The molecule has 2 aromatic rings. The highest BCUT2D eigenvalue weighted by Crippen LogP contribution is 2.60. The first kappa shape index (κ1) is 22.6. The molecule has 0 aliphatic heterocycles. The first-order valence-corrected chi connectivity index (χ1v) is 13.0. The van der Waals surface area contributed by atoms with Crippen molar-refractivity contribution in [2.24, 2.45) is 5.41 Å². The predicted molar refractivity (Wildman–Crippen MR) is 131 cm³/mol. The van der Waals surface area contributed by atoms with Crippen molar-refractivity contribution in [2.45, 2.75) is 109 Å². The van der Waals surface area contributed by atoms with Crippen molar-refractivity contribution in [1.82, 2.24) is 0 Å². The summed E-state index contributed by atoms with van der Waals surface area (Å²) < 4.78 is 15.9. The lowest BCUT2D eigenvalue weighted by molar-refractivity contribution is 0.0289. The van der Waals surface area contributed by atoms with Gasteiger partial charge >= 0.3 is 0 Å². The Morgan fingerprint density at radius 1 is 0.742 bits per heavy atom. The maximum Gasteiger partial charge on any atom is 0.134 e. The van der Waals surface area contributed by atoms with Gasteiger partial charge in [-0.25, -0.2) is 4.39 Å². The van der Waals surface area contributed by atoms with Crippen LogP contribution in [0, 0.1) is 11.2 Å². The summed E-state index contributed by atoms with van der Waals surface area (Å²) in [4.78, 5) is 0. The zero-order valence-electron chi connectivity index (χ0n) is 19.8. The Bertz CT molecular complexity index is 823. The molecule has 168 valence electrons. The molecule has 1 heteroatoms. The largest absolute Gasteiger partial charge is 0.206 e. The van der Waals surface area contributed by atoms with E-state index in [1.165, 1.54) is 89.0 Å². The van der Waals surface area contributed by atoms with E-state index in [-0.39, 0.29) is 11.2 Å². The summed E-state index contributed by atoms with van der Waals surface area (Å²) in [6, 6.07) is 14.8. The third-order valence-electron chi connectivity index (χ3n) is 8.62. The highest BCUT2D eigenvalue weighted by Gasteiger charge is 2.49. The summed E-state index contributed by atoms with van der Waals surface area (Å²) in [7, 11) is 0. The molecule has 3 aliphatic carbocycles. The Balaban J connectivity index is 1.50. The minimum absolute atomic E-state index is 0.0432. The van der Waals surface area contributed by atoms with Crippen LogP contribution >= 0.6 is 0 Å². The van der Waals surface area contributed by atoms with E-state index in [1.54, 1.807) is 0 Å². The average Bonchev–Trinajstić information content (AvgIpc) is 2.81. The maximum atomic E-state index is 15.9. The van der Waals surface area contributed by atoms with Gasteiger partial charge in [0.2, 0.25) is 0 Å². The Morgan fingerprint density at radius 3 is 2.03 bits per heavy atom. The normalized spacial score (nSPS) is 25.1. The summed E-state index contributed by atoms with van der Waals surface area (Å²) in [6.45, 7) is 4.53. The molecule has 0 amide bonds. The molecule has 0 saturated heterocycles. The van der Waals surface area contributed by atoms with Crippen molar-refractivity contribution < 1.29 is 4.39 Å². The lowest BCUT2D eigenvalue weighted by atomic mass is 9.50. The Morgan fingerprint density at radius 2 is 1.39 bits per heavy atom. The topological polar surface area (TPSA) is 0 Å². The number of hydrogen-bond acceptors (Lipinski definition) is 0. The second kappa shape index (κ2) is 9.88. The van der Waals surface area contributed by atoms with Crippen LogP contribution in [-0.4, -0.2) is 0 Å². The van der Waals surface area contributed by atoms with Gasteiger partial charge in [0.1, 0.15) is 5.82 Å². The minimum Gasteiger partial charge on any atom is -0.206 e. The van der Waals surface area contributed by atoms with Crippen LogP contribution in [0.4, 0.5) is 4.39 Å². The molecular weight excluding hydrogens is 379 g/mol. The molecule has 0 spiro atoms. The van der Waals surface area contributed by atoms with Gasteiger partial charge < -0.3 is 0 Å². The third kappa shape index (κ3) is 4.76. The Labute approximate surface area is 189 Å². The Kier molecular flexibility index (Phi) is 7.19. The number of rotatable bonds is 10. The van der Waals surface area contributed by atoms with Crippen molar-refractivity contribution in [3.63, 3.8) is 0 Å². The van der Waals surface area contributed by atoms with Crippen LogP contribution in [0.15, 0.2) is 42.5 Å². The number of fused-ring (bicyclic) bond motifs is 3. The lowest BCUT2D eigenvalue weighted by Crippen LogP contribution is -2.44. The summed E-state index contributed by atoms with van der Waals surface area (Å²) in [5, 5.41) is 0. The SMILES string of the molecule is CCCCCc1ccc(-c2cccc(C34CCC(CCCCC)(CC3)CC4)c2F)cc1. The van der Waals surface area contributed by atoms with Gasteiger partial charge in [0.25, 0.3) is 0 Å². The number of unbranched alkanes of at least 4 members (excludes halogenated alkanes) is 4. The van der Waals surface area contributed by atoms with Gasteiger partial charge in [-0.2, -0.15) is 0 Å². The standard InChI is InChI=1S/C30H41F/c1-3-5-7-10-24-13-15-25(16-14-24)26-11-9-12-27(28(26)31)30-21-18-29(19-22-30,20-23-30)17-8-6-4-2/h9,11-16H,3-8,10,17-23H2,1-2H3. The maximum absolute atomic E-state index is 15.9. The molecule has 0 radical (unpaired) electrons. The van der Waals surface area contributed by atoms with Crippen LogP contribution in [0.25, 0.3) is 11.1 Å². The number of hydrogen-bond donors (Lipinski definition) is 0. The molecule has 2 aromatic carbocycles. The third-order valence-corrected chi connectivity index (χ3v) is 8.62. The molecule has 3 fully saturated rings. The average molecular weight is 421 g/mol. The van der Waals surface area contributed by atoms with Crippen molar-refractivity contribution in [3.05, 3.63) is 59.4 Å². The second-order valence-electron chi connectivity index (χ2n) is 10.6.